The summed E-state index contributed by atoms with van der Waals surface area (Å²) in [6.07, 6.45) is 2.03. The molecule has 7 heteroatoms. The fourth-order valence-electron chi connectivity index (χ4n) is 3.02. The van der Waals surface area contributed by atoms with E-state index in [1.165, 1.54) is 0 Å². The van der Waals surface area contributed by atoms with Crippen molar-refractivity contribution in [1.29, 1.82) is 0 Å². The minimum Gasteiger partial charge on any atom is -0.419 e. The highest BCUT2D eigenvalue weighted by atomic mass is 79.9. The summed E-state index contributed by atoms with van der Waals surface area (Å²) in [5.74, 6) is 0.651. The number of aromatic nitrogens is 1. The molecule has 1 aliphatic heterocycles. The highest BCUT2D eigenvalue weighted by molar-refractivity contribution is 9.10. The number of hydrogen-bond donors (Lipinski definition) is 0. The molecule has 0 unspecified atom stereocenters. The molecule has 2 heterocycles. The predicted octanol–water partition coefficient (Wildman–Crippen LogP) is 4.54. The fraction of sp³-hybridized carbons (Fsp3) is 0.211. The van der Waals surface area contributed by atoms with Crippen LogP contribution in [-0.2, 0) is 9.84 Å². The summed E-state index contributed by atoms with van der Waals surface area (Å²) < 4.78 is 33.2. The van der Waals surface area contributed by atoms with Gasteiger partial charge in [-0.2, -0.15) is 4.98 Å². The number of sulfone groups is 1. The van der Waals surface area contributed by atoms with Crippen molar-refractivity contribution in [2.24, 2.45) is 0 Å². The van der Waals surface area contributed by atoms with Crippen molar-refractivity contribution in [2.75, 3.05) is 18.0 Å². The molecule has 134 valence electrons. The molecule has 2 aromatic carbocycles. The molecule has 0 amide bonds. The molecule has 1 saturated heterocycles. The molecule has 1 fully saturated rings. The molecule has 0 N–H and O–H groups in total. The molecule has 5 nitrogen and oxygen atoms in total. The zero-order chi connectivity index (χ0) is 18.1. The number of oxazole rings is 1. The Hall–Kier alpha value is -2.12. The summed E-state index contributed by atoms with van der Waals surface area (Å²) in [5.41, 5.74) is 0.739. The average Bonchev–Trinajstić information content (AvgIpc) is 3.33. The van der Waals surface area contributed by atoms with Gasteiger partial charge in [0.05, 0.1) is 4.90 Å². The van der Waals surface area contributed by atoms with Crippen LogP contribution in [0, 0.1) is 0 Å². The van der Waals surface area contributed by atoms with E-state index in [9.17, 15) is 8.42 Å². The fourth-order valence-corrected chi connectivity index (χ4v) is 4.63. The Kier molecular flexibility index (Phi) is 4.58. The first-order valence-electron chi connectivity index (χ1n) is 8.37. The first kappa shape index (κ1) is 17.3. The van der Waals surface area contributed by atoms with Gasteiger partial charge in [-0.3, -0.25) is 0 Å². The van der Waals surface area contributed by atoms with Crippen LogP contribution in [0.25, 0.3) is 11.5 Å². The van der Waals surface area contributed by atoms with E-state index in [1.807, 2.05) is 29.2 Å². The van der Waals surface area contributed by atoms with Crippen LogP contribution in [0.4, 0.5) is 5.88 Å². The second-order valence-corrected chi connectivity index (χ2v) is 8.93. The Bertz CT molecular complexity index is 1010. The summed E-state index contributed by atoms with van der Waals surface area (Å²) in [6.45, 7) is 1.54. The summed E-state index contributed by atoms with van der Waals surface area (Å²) >= 11 is 3.40. The first-order chi connectivity index (χ1) is 12.6. The Labute approximate surface area is 160 Å². The zero-order valence-electron chi connectivity index (χ0n) is 13.9. The van der Waals surface area contributed by atoms with Gasteiger partial charge in [0.1, 0.15) is 0 Å². The van der Waals surface area contributed by atoms with Gasteiger partial charge in [-0.1, -0.05) is 34.1 Å². The van der Waals surface area contributed by atoms with Crippen LogP contribution < -0.4 is 4.90 Å². The van der Waals surface area contributed by atoms with E-state index in [0.29, 0.717) is 11.8 Å². The van der Waals surface area contributed by atoms with E-state index >= 15 is 0 Å². The van der Waals surface area contributed by atoms with E-state index < -0.39 is 9.84 Å². The predicted molar refractivity (Wildman–Crippen MR) is 103 cm³/mol. The normalized spacial score (nSPS) is 14.7. The maximum Gasteiger partial charge on any atom is 0.236 e. The van der Waals surface area contributed by atoms with Crippen molar-refractivity contribution in [2.45, 2.75) is 22.8 Å². The second-order valence-electron chi connectivity index (χ2n) is 6.15. The van der Waals surface area contributed by atoms with Crippen LogP contribution in [0.2, 0.25) is 0 Å². The summed E-state index contributed by atoms with van der Waals surface area (Å²) in [4.78, 5) is 6.57. The Morgan fingerprint density at radius 1 is 0.962 bits per heavy atom. The Morgan fingerprint density at radius 2 is 1.62 bits per heavy atom. The lowest BCUT2D eigenvalue weighted by atomic mass is 10.2. The van der Waals surface area contributed by atoms with Gasteiger partial charge in [0.2, 0.25) is 26.6 Å². The number of nitrogens with zero attached hydrogens (tertiary/aromatic N) is 2. The molecule has 4 rings (SSSR count). The van der Waals surface area contributed by atoms with E-state index in [-0.39, 0.29) is 9.92 Å². The van der Waals surface area contributed by atoms with Crippen molar-refractivity contribution in [1.82, 2.24) is 4.98 Å². The molecule has 3 aromatic rings. The standard InChI is InChI=1S/C19H17BrN2O3S/c20-15-10-8-14(9-11-15)17-21-18(19(25-17)22-12-4-5-13-22)26(23,24)16-6-2-1-3-7-16/h1-3,6-11H,4-5,12-13H2. The van der Waals surface area contributed by atoms with Crippen LogP contribution in [0.3, 0.4) is 0 Å². The van der Waals surface area contributed by atoms with Gasteiger partial charge in [0.15, 0.2) is 0 Å². The SMILES string of the molecule is O=S(=O)(c1ccccc1)c1nc(-c2ccc(Br)cc2)oc1N1CCCC1. The molecule has 0 spiro atoms. The Balaban J connectivity index is 1.86. The summed E-state index contributed by atoms with van der Waals surface area (Å²) in [5, 5.41) is -0.0106. The van der Waals surface area contributed by atoms with Crippen molar-refractivity contribution >= 4 is 31.7 Å². The van der Waals surface area contributed by atoms with Crippen molar-refractivity contribution in [3.05, 3.63) is 59.1 Å². The third-order valence-corrected chi connectivity index (χ3v) is 6.57. The molecule has 1 aliphatic rings. The molecule has 0 atom stereocenters. The highest BCUT2D eigenvalue weighted by Crippen LogP contribution is 2.36. The molecule has 0 aliphatic carbocycles. The lowest BCUT2D eigenvalue weighted by Gasteiger charge is -2.14. The maximum absolute atomic E-state index is 13.2. The number of rotatable bonds is 4. The lowest BCUT2D eigenvalue weighted by Crippen LogP contribution is -2.19. The smallest absolute Gasteiger partial charge is 0.236 e. The second kappa shape index (κ2) is 6.89. The van der Waals surface area contributed by atoms with Crippen LogP contribution >= 0.6 is 15.9 Å². The van der Waals surface area contributed by atoms with Gasteiger partial charge in [-0.05, 0) is 49.2 Å². The zero-order valence-corrected chi connectivity index (χ0v) is 16.3. The van der Waals surface area contributed by atoms with E-state index in [1.54, 1.807) is 30.3 Å². The summed E-state index contributed by atoms with van der Waals surface area (Å²) in [7, 11) is -3.76. The quantitative estimate of drug-likeness (QED) is 0.605. The monoisotopic (exact) mass is 432 g/mol. The molecule has 1 aromatic heterocycles. The third-order valence-electron chi connectivity index (χ3n) is 4.37. The number of benzene rings is 2. The average molecular weight is 433 g/mol. The van der Waals surface area contributed by atoms with Crippen LogP contribution in [0.15, 0.2) is 73.4 Å². The molecule has 0 saturated carbocycles. The largest absolute Gasteiger partial charge is 0.419 e. The van der Waals surface area contributed by atoms with Gasteiger partial charge in [-0.25, -0.2) is 8.42 Å². The van der Waals surface area contributed by atoms with Gasteiger partial charge >= 0.3 is 0 Å². The van der Waals surface area contributed by atoms with Crippen molar-refractivity contribution < 1.29 is 12.8 Å². The highest BCUT2D eigenvalue weighted by Gasteiger charge is 2.32. The van der Waals surface area contributed by atoms with Crippen LogP contribution in [0.5, 0.6) is 0 Å². The number of anilines is 1. The summed E-state index contributed by atoms with van der Waals surface area (Å²) in [6, 6.07) is 15.8. The van der Waals surface area contributed by atoms with Crippen LogP contribution in [-0.4, -0.2) is 26.5 Å². The minimum absolute atomic E-state index is 0.0106. The number of hydrogen-bond acceptors (Lipinski definition) is 5. The van der Waals surface area contributed by atoms with Gasteiger partial charge in [-0.15, -0.1) is 0 Å². The van der Waals surface area contributed by atoms with E-state index in [0.717, 1.165) is 36.0 Å². The molecule has 0 bridgehead atoms. The lowest BCUT2D eigenvalue weighted by molar-refractivity contribution is 0.556. The Morgan fingerprint density at radius 3 is 2.27 bits per heavy atom. The van der Waals surface area contributed by atoms with E-state index in [2.05, 4.69) is 20.9 Å². The number of halogens is 1. The molecule has 26 heavy (non-hydrogen) atoms. The van der Waals surface area contributed by atoms with Gasteiger partial charge < -0.3 is 9.32 Å². The molecular formula is C19H17BrN2O3S. The first-order valence-corrected chi connectivity index (χ1v) is 10.7. The molecule has 0 radical (unpaired) electrons. The van der Waals surface area contributed by atoms with Crippen LogP contribution in [0.1, 0.15) is 12.8 Å². The van der Waals surface area contributed by atoms with E-state index in [4.69, 9.17) is 4.42 Å². The maximum atomic E-state index is 13.2. The van der Waals surface area contributed by atoms with Gasteiger partial charge in [0.25, 0.3) is 0 Å². The van der Waals surface area contributed by atoms with Crippen molar-refractivity contribution in [3.63, 3.8) is 0 Å². The molecular weight excluding hydrogens is 416 g/mol. The minimum atomic E-state index is -3.76. The van der Waals surface area contributed by atoms with Gasteiger partial charge in [0, 0.05) is 23.1 Å². The topological polar surface area (TPSA) is 63.4 Å². The third kappa shape index (κ3) is 3.17. The van der Waals surface area contributed by atoms with Crippen molar-refractivity contribution in [3.8, 4) is 11.5 Å².